The summed E-state index contributed by atoms with van der Waals surface area (Å²) >= 11 is 6.53. The molecule has 0 amide bonds. The first-order chi connectivity index (χ1) is 10.1. The maximum Gasteiger partial charge on any atom is 0.316 e. The predicted molar refractivity (Wildman–Crippen MR) is 88.7 cm³/mol. The molecule has 0 atom stereocenters. The molecule has 7 heteroatoms. The van der Waals surface area contributed by atoms with Gasteiger partial charge in [0.1, 0.15) is 11.3 Å². The van der Waals surface area contributed by atoms with Crippen LogP contribution in [-0.2, 0) is 0 Å². The molecule has 0 spiro atoms. The van der Waals surface area contributed by atoms with Crippen LogP contribution in [0.1, 0.15) is 5.56 Å². The molecule has 5 nitrogen and oxygen atoms in total. The van der Waals surface area contributed by atoms with Gasteiger partial charge in [0.05, 0.1) is 15.2 Å². The minimum absolute atomic E-state index is 0.152. The first-order valence-electron chi connectivity index (χ1n) is 5.96. The van der Waals surface area contributed by atoms with Crippen LogP contribution in [-0.4, -0.2) is 16.3 Å². The maximum atomic E-state index is 9.64. The quantitative estimate of drug-likeness (QED) is 0.492. The highest BCUT2D eigenvalue weighted by atomic mass is 79.9. The van der Waals surface area contributed by atoms with Gasteiger partial charge in [-0.15, -0.1) is 0 Å². The second-order valence-corrected chi connectivity index (χ2v) is 5.90. The van der Waals surface area contributed by atoms with E-state index in [4.69, 9.17) is 4.42 Å². The number of oxazole rings is 1. The average molecular weight is 411 g/mol. The molecule has 21 heavy (non-hydrogen) atoms. The predicted octanol–water partition coefficient (Wildman–Crippen LogP) is 4.50. The van der Waals surface area contributed by atoms with E-state index < -0.39 is 0 Å². The number of hydrogen-bond acceptors (Lipinski definition) is 5. The van der Waals surface area contributed by atoms with E-state index in [1.54, 1.807) is 18.3 Å². The zero-order valence-electron chi connectivity index (χ0n) is 10.5. The fourth-order valence-electron chi connectivity index (χ4n) is 1.74. The van der Waals surface area contributed by atoms with Crippen molar-refractivity contribution in [1.82, 2.24) is 4.98 Å². The van der Waals surface area contributed by atoms with Crippen LogP contribution in [0.15, 0.2) is 54.9 Å². The Kier molecular flexibility index (Phi) is 3.94. The fraction of sp³-hybridized carbons (Fsp3) is 0. The summed E-state index contributed by atoms with van der Waals surface area (Å²) in [5, 5.41) is 13.7. The number of aromatic hydroxyl groups is 1. The molecule has 0 saturated heterocycles. The van der Waals surface area contributed by atoms with E-state index in [0.717, 1.165) is 11.1 Å². The average Bonchev–Trinajstić information content (AvgIpc) is 2.87. The van der Waals surface area contributed by atoms with Gasteiger partial charge in [-0.05, 0) is 61.7 Å². The van der Waals surface area contributed by atoms with Crippen molar-refractivity contribution in [1.29, 1.82) is 0 Å². The zero-order valence-corrected chi connectivity index (χ0v) is 13.7. The molecule has 3 aromatic rings. The van der Waals surface area contributed by atoms with Crippen molar-refractivity contribution in [2.45, 2.75) is 0 Å². The van der Waals surface area contributed by atoms with Gasteiger partial charge in [-0.2, -0.15) is 10.1 Å². The number of hydrazone groups is 1. The summed E-state index contributed by atoms with van der Waals surface area (Å²) in [6.07, 6.45) is 1.60. The second-order valence-electron chi connectivity index (χ2n) is 4.19. The molecule has 0 unspecified atom stereocenters. The molecular weight excluding hydrogens is 402 g/mol. The van der Waals surface area contributed by atoms with E-state index >= 15 is 0 Å². The molecule has 0 saturated carbocycles. The van der Waals surface area contributed by atoms with Crippen molar-refractivity contribution in [2.24, 2.45) is 5.10 Å². The lowest BCUT2D eigenvalue weighted by atomic mass is 10.2. The van der Waals surface area contributed by atoms with E-state index in [-0.39, 0.29) is 5.75 Å². The van der Waals surface area contributed by atoms with Gasteiger partial charge in [-0.25, -0.2) is 5.43 Å². The third-order valence-corrected chi connectivity index (χ3v) is 3.92. The molecular formula is C14H9Br2N3O2. The van der Waals surface area contributed by atoms with Gasteiger partial charge < -0.3 is 9.52 Å². The number of benzene rings is 2. The number of phenolic OH excluding ortho intramolecular Hbond substituents is 1. The lowest BCUT2D eigenvalue weighted by Gasteiger charge is -2.01. The van der Waals surface area contributed by atoms with Gasteiger partial charge in [0.25, 0.3) is 0 Å². The molecule has 1 heterocycles. The lowest BCUT2D eigenvalue weighted by molar-refractivity contribution is 0.468. The number of hydrogen-bond donors (Lipinski definition) is 2. The van der Waals surface area contributed by atoms with Crippen molar-refractivity contribution in [3.63, 3.8) is 0 Å². The number of phenols is 1. The summed E-state index contributed by atoms with van der Waals surface area (Å²) in [5.74, 6) is 0.152. The van der Waals surface area contributed by atoms with E-state index in [2.05, 4.69) is 47.4 Å². The van der Waals surface area contributed by atoms with Gasteiger partial charge in [-0.3, -0.25) is 0 Å². The van der Waals surface area contributed by atoms with Gasteiger partial charge in [0.2, 0.25) is 0 Å². The second kappa shape index (κ2) is 5.87. The van der Waals surface area contributed by atoms with Crippen LogP contribution in [0.3, 0.4) is 0 Å². The Labute approximate surface area is 136 Å². The number of halogens is 2. The Balaban J connectivity index is 1.77. The van der Waals surface area contributed by atoms with Crippen molar-refractivity contribution in [2.75, 3.05) is 5.43 Å². The molecule has 0 aliphatic rings. The van der Waals surface area contributed by atoms with Crippen LogP contribution in [0.5, 0.6) is 5.75 Å². The van der Waals surface area contributed by atoms with Crippen LogP contribution in [0.4, 0.5) is 6.01 Å². The molecule has 2 N–H and O–H groups in total. The van der Waals surface area contributed by atoms with Crippen LogP contribution < -0.4 is 5.43 Å². The van der Waals surface area contributed by atoms with Crippen LogP contribution in [0.2, 0.25) is 0 Å². The molecule has 0 bridgehead atoms. The Bertz CT molecular complexity index is 774. The van der Waals surface area contributed by atoms with Crippen molar-refractivity contribution in [3.8, 4) is 5.75 Å². The Morgan fingerprint density at radius 1 is 1.19 bits per heavy atom. The van der Waals surface area contributed by atoms with E-state index in [9.17, 15) is 5.11 Å². The topological polar surface area (TPSA) is 70.7 Å². The molecule has 106 valence electrons. The molecule has 1 aromatic heterocycles. The first-order valence-corrected chi connectivity index (χ1v) is 7.55. The van der Waals surface area contributed by atoms with Gasteiger partial charge in [0.15, 0.2) is 5.58 Å². The summed E-state index contributed by atoms with van der Waals surface area (Å²) in [5.41, 5.74) is 5.00. The van der Waals surface area contributed by atoms with Crippen LogP contribution in [0.25, 0.3) is 11.1 Å². The Morgan fingerprint density at radius 2 is 1.90 bits per heavy atom. The summed E-state index contributed by atoms with van der Waals surface area (Å²) in [6.45, 7) is 0. The van der Waals surface area contributed by atoms with Crippen molar-refractivity contribution < 1.29 is 9.52 Å². The molecule has 3 rings (SSSR count). The van der Waals surface area contributed by atoms with Crippen molar-refractivity contribution in [3.05, 3.63) is 50.9 Å². The first kappa shape index (κ1) is 14.1. The highest BCUT2D eigenvalue weighted by molar-refractivity contribution is 9.11. The molecule has 2 aromatic carbocycles. The number of nitrogens with one attached hydrogen (secondary N) is 1. The highest BCUT2D eigenvalue weighted by Gasteiger charge is 2.05. The molecule has 0 aliphatic carbocycles. The summed E-state index contributed by atoms with van der Waals surface area (Å²) in [6, 6.07) is 11.3. The monoisotopic (exact) mass is 409 g/mol. The third kappa shape index (κ3) is 3.08. The molecule has 0 aliphatic heterocycles. The summed E-state index contributed by atoms with van der Waals surface area (Å²) in [4.78, 5) is 4.24. The highest BCUT2D eigenvalue weighted by Crippen LogP contribution is 2.32. The Hall–Kier alpha value is -1.86. The van der Waals surface area contributed by atoms with E-state index in [0.29, 0.717) is 20.5 Å². The normalized spacial score (nSPS) is 11.3. The minimum atomic E-state index is 0.152. The lowest BCUT2D eigenvalue weighted by Crippen LogP contribution is -1.91. The number of anilines is 1. The third-order valence-electron chi connectivity index (χ3n) is 2.71. The standard InChI is InChI=1S/C14H9Br2N3O2/c15-9-5-8(6-10(16)13(9)20)7-17-19-14-18-11-3-1-2-4-12(11)21-14/h1-7,20H,(H,18,19). The number of fused-ring (bicyclic) bond motifs is 1. The van der Waals surface area contributed by atoms with Crippen LogP contribution >= 0.6 is 31.9 Å². The van der Waals surface area contributed by atoms with Gasteiger partial charge >= 0.3 is 6.01 Å². The largest absolute Gasteiger partial charge is 0.506 e. The summed E-state index contributed by atoms with van der Waals surface area (Å²) in [7, 11) is 0. The fourth-order valence-corrected chi connectivity index (χ4v) is 2.96. The number of nitrogens with zero attached hydrogens (tertiary/aromatic N) is 2. The summed E-state index contributed by atoms with van der Waals surface area (Å²) < 4.78 is 6.65. The Morgan fingerprint density at radius 3 is 2.62 bits per heavy atom. The van der Waals surface area contributed by atoms with E-state index in [1.165, 1.54) is 0 Å². The number of aromatic nitrogens is 1. The van der Waals surface area contributed by atoms with Crippen molar-refractivity contribution >= 4 is 55.2 Å². The SMILES string of the molecule is Oc1c(Br)cc(C=NNc2nc3ccccc3o2)cc1Br. The van der Waals surface area contributed by atoms with Gasteiger partial charge in [0, 0.05) is 0 Å². The number of rotatable bonds is 3. The maximum absolute atomic E-state index is 9.64. The molecule has 0 radical (unpaired) electrons. The molecule has 0 fully saturated rings. The number of para-hydroxylation sites is 2. The van der Waals surface area contributed by atoms with Gasteiger partial charge in [-0.1, -0.05) is 12.1 Å². The zero-order chi connectivity index (χ0) is 14.8. The van der Waals surface area contributed by atoms with Crippen LogP contribution in [0, 0.1) is 0 Å². The minimum Gasteiger partial charge on any atom is -0.506 e. The smallest absolute Gasteiger partial charge is 0.316 e. The van der Waals surface area contributed by atoms with E-state index in [1.807, 2.05) is 24.3 Å².